The lowest BCUT2D eigenvalue weighted by molar-refractivity contribution is 1.09. The zero-order valence-corrected chi connectivity index (χ0v) is 12.5. The number of nitrogens with two attached hydrogens (primary N) is 1. The third-order valence-corrected chi connectivity index (χ3v) is 3.91. The van der Waals surface area contributed by atoms with Gasteiger partial charge in [-0.15, -0.1) is 10.2 Å². The minimum Gasteiger partial charge on any atom is -0.383 e. The first kappa shape index (κ1) is 13.7. The number of aliphatic imine (C=N–C) groups is 1. The number of hydrogen-bond donors (Lipinski definition) is 1. The summed E-state index contributed by atoms with van der Waals surface area (Å²) >= 11 is 7.24. The van der Waals surface area contributed by atoms with Crippen LogP contribution in [0.5, 0.6) is 0 Å². The number of halogens is 1. The predicted molar refractivity (Wildman–Crippen MR) is 87.2 cm³/mol. The summed E-state index contributed by atoms with van der Waals surface area (Å²) in [5.41, 5.74) is 7.79. The van der Waals surface area contributed by atoms with E-state index in [9.17, 15) is 0 Å². The lowest BCUT2D eigenvalue weighted by atomic mass is 10.2. The van der Waals surface area contributed by atoms with Crippen LogP contribution >= 0.6 is 22.9 Å². The van der Waals surface area contributed by atoms with E-state index in [2.05, 4.69) is 15.2 Å². The van der Waals surface area contributed by atoms with Crippen LogP contribution in [0.2, 0.25) is 5.02 Å². The van der Waals surface area contributed by atoms with E-state index >= 15 is 0 Å². The highest BCUT2D eigenvalue weighted by Gasteiger charge is 2.06. The van der Waals surface area contributed by atoms with Gasteiger partial charge in [-0.2, -0.15) is 0 Å². The zero-order chi connectivity index (χ0) is 14.7. The fourth-order valence-corrected chi connectivity index (χ4v) is 2.61. The molecular weight excluding hydrogens is 304 g/mol. The fourth-order valence-electron chi connectivity index (χ4n) is 1.75. The van der Waals surface area contributed by atoms with Crippen LogP contribution in [0.4, 0.5) is 5.13 Å². The van der Waals surface area contributed by atoms with Crippen molar-refractivity contribution in [3.05, 3.63) is 65.2 Å². The molecule has 0 unspecified atom stereocenters. The summed E-state index contributed by atoms with van der Waals surface area (Å²) < 4.78 is 0. The minimum absolute atomic E-state index is 0.391. The predicted octanol–water partition coefficient (Wildman–Crippen LogP) is 3.90. The molecule has 0 atom stereocenters. The zero-order valence-electron chi connectivity index (χ0n) is 10.9. The van der Waals surface area contributed by atoms with Crippen LogP contribution in [0.15, 0.2) is 59.6 Å². The van der Waals surface area contributed by atoms with Crippen LogP contribution in [0.3, 0.4) is 0 Å². The molecule has 0 radical (unpaired) electrons. The summed E-state index contributed by atoms with van der Waals surface area (Å²) in [5.74, 6) is 0.391. The highest BCUT2D eigenvalue weighted by Crippen LogP contribution is 2.27. The first-order chi connectivity index (χ1) is 10.2. The molecule has 1 heterocycles. The van der Waals surface area contributed by atoms with E-state index in [1.54, 1.807) is 12.1 Å². The molecule has 2 N–H and O–H groups in total. The Labute approximate surface area is 130 Å². The largest absolute Gasteiger partial charge is 0.383 e. The van der Waals surface area contributed by atoms with Crippen LogP contribution in [0, 0.1) is 0 Å². The van der Waals surface area contributed by atoms with Gasteiger partial charge in [0.05, 0.1) is 0 Å². The van der Waals surface area contributed by atoms with E-state index in [1.807, 2.05) is 42.5 Å². The normalized spacial score (nSPS) is 11.6. The Bertz CT molecular complexity index is 766. The third kappa shape index (κ3) is 3.26. The van der Waals surface area contributed by atoms with E-state index in [1.165, 1.54) is 11.3 Å². The smallest absolute Gasteiger partial charge is 0.233 e. The molecular formula is C15H11ClN4S. The molecule has 104 valence electrons. The molecule has 1 aromatic heterocycles. The number of nitrogens with zero attached hydrogens (tertiary/aromatic N) is 3. The maximum atomic E-state index is 5.97. The standard InChI is InChI=1S/C15H11ClN4S/c16-12-8-6-10(7-9-12)13(17)18-15-20-19-14(21-15)11-4-2-1-3-5-11/h1-9H,(H2,17,18,20). The van der Waals surface area contributed by atoms with Gasteiger partial charge in [-0.1, -0.05) is 53.3 Å². The van der Waals surface area contributed by atoms with Gasteiger partial charge in [-0.3, -0.25) is 0 Å². The molecule has 0 bridgehead atoms. The van der Waals surface area contributed by atoms with Crippen molar-refractivity contribution in [2.75, 3.05) is 0 Å². The Kier molecular flexibility index (Phi) is 3.94. The lowest BCUT2D eigenvalue weighted by Gasteiger charge is -1.98. The van der Waals surface area contributed by atoms with Crippen LogP contribution < -0.4 is 5.73 Å². The van der Waals surface area contributed by atoms with Gasteiger partial charge in [0, 0.05) is 16.1 Å². The van der Waals surface area contributed by atoms with Gasteiger partial charge < -0.3 is 5.73 Å². The summed E-state index contributed by atoms with van der Waals surface area (Å²) in [7, 11) is 0. The minimum atomic E-state index is 0.391. The molecule has 0 saturated heterocycles. The molecule has 0 spiro atoms. The Hall–Kier alpha value is -2.24. The molecule has 2 aromatic carbocycles. The summed E-state index contributed by atoms with van der Waals surface area (Å²) in [6.07, 6.45) is 0. The number of amidine groups is 1. The number of rotatable bonds is 3. The van der Waals surface area contributed by atoms with Crippen molar-refractivity contribution < 1.29 is 0 Å². The van der Waals surface area contributed by atoms with Crippen LogP contribution in [-0.2, 0) is 0 Å². The fraction of sp³-hybridized carbons (Fsp3) is 0. The summed E-state index contributed by atoms with van der Waals surface area (Å²) in [4.78, 5) is 4.30. The average Bonchev–Trinajstić information content (AvgIpc) is 2.97. The van der Waals surface area contributed by atoms with Gasteiger partial charge >= 0.3 is 0 Å². The molecule has 0 aliphatic carbocycles. The topological polar surface area (TPSA) is 64.2 Å². The van der Waals surface area contributed by atoms with Crippen molar-refractivity contribution in [1.29, 1.82) is 0 Å². The van der Waals surface area contributed by atoms with Gasteiger partial charge in [0.1, 0.15) is 10.8 Å². The average molecular weight is 315 g/mol. The van der Waals surface area contributed by atoms with E-state index in [-0.39, 0.29) is 0 Å². The molecule has 3 aromatic rings. The number of benzene rings is 2. The maximum Gasteiger partial charge on any atom is 0.233 e. The first-order valence-electron chi connectivity index (χ1n) is 6.21. The van der Waals surface area contributed by atoms with Gasteiger partial charge in [0.25, 0.3) is 0 Å². The lowest BCUT2D eigenvalue weighted by Crippen LogP contribution is -2.12. The van der Waals surface area contributed by atoms with Gasteiger partial charge in [-0.25, -0.2) is 4.99 Å². The summed E-state index contributed by atoms with van der Waals surface area (Å²) in [6, 6.07) is 17.0. The van der Waals surface area contributed by atoms with E-state index in [0.717, 1.165) is 16.1 Å². The van der Waals surface area contributed by atoms with Crippen molar-refractivity contribution in [2.45, 2.75) is 0 Å². The molecule has 0 amide bonds. The highest BCUT2D eigenvalue weighted by molar-refractivity contribution is 7.18. The van der Waals surface area contributed by atoms with Gasteiger partial charge in [-0.05, 0) is 24.3 Å². The van der Waals surface area contributed by atoms with Crippen molar-refractivity contribution in [3.63, 3.8) is 0 Å². The second kappa shape index (κ2) is 6.03. The van der Waals surface area contributed by atoms with Crippen molar-refractivity contribution in [2.24, 2.45) is 10.7 Å². The Morgan fingerprint density at radius 2 is 1.71 bits per heavy atom. The first-order valence-corrected chi connectivity index (χ1v) is 7.41. The maximum absolute atomic E-state index is 5.97. The SMILES string of the molecule is N/C(=N\c1nnc(-c2ccccc2)s1)c1ccc(Cl)cc1. The molecule has 21 heavy (non-hydrogen) atoms. The molecule has 4 nitrogen and oxygen atoms in total. The molecule has 3 rings (SSSR count). The van der Waals surface area contributed by atoms with Crippen molar-refractivity contribution >= 4 is 33.9 Å². The molecule has 6 heteroatoms. The van der Waals surface area contributed by atoms with Gasteiger partial charge in [0.15, 0.2) is 0 Å². The molecule has 0 fully saturated rings. The van der Waals surface area contributed by atoms with Crippen LogP contribution in [0.1, 0.15) is 5.56 Å². The number of hydrogen-bond acceptors (Lipinski definition) is 4. The van der Waals surface area contributed by atoms with Crippen LogP contribution in [0.25, 0.3) is 10.6 Å². The Balaban J connectivity index is 1.86. The highest BCUT2D eigenvalue weighted by atomic mass is 35.5. The second-order valence-electron chi connectivity index (χ2n) is 4.26. The Morgan fingerprint density at radius 1 is 1.00 bits per heavy atom. The second-order valence-corrected chi connectivity index (χ2v) is 5.65. The number of aromatic nitrogens is 2. The summed E-state index contributed by atoms with van der Waals surface area (Å²) in [5, 5.41) is 10.2. The Morgan fingerprint density at radius 3 is 2.43 bits per heavy atom. The molecule has 0 aliphatic rings. The monoisotopic (exact) mass is 314 g/mol. The molecule has 0 saturated carbocycles. The molecule has 0 aliphatic heterocycles. The van der Waals surface area contributed by atoms with Crippen molar-refractivity contribution in [1.82, 2.24) is 10.2 Å². The van der Waals surface area contributed by atoms with E-state index in [4.69, 9.17) is 17.3 Å². The van der Waals surface area contributed by atoms with Gasteiger partial charge in [0.2, 0.25) is 5.13 Å². The quantitative estimate of drug-likeness (QED) is 0.589. The van der Waals surface area contributed by atoms with E-state index < -0.39 is 0 Å². The summed E-state index contributed by atoms with van der Waals surface area (Å²) in [6.45, 7) is 0. The third-order valence-electron chi connectivity index (χ3n) is 2.79. The van der Waals surface area contributed by atoms with Crippen LogP contribution in [-0.4, -0.2) is 16.0 Å². The van der Waals surface area contributed by atoms with E-state index in [0.29, 0.717) is 16.0 Å². The van der Waals surface area contributed by atoms with Crippen molar-refractivity contribution in [3.8, 4) is 10.6 Å².